The highest BCUT2D eigenvalue weighted by Crippen LogP contribution is 2.31. The number of aryl methyl sites for hydroxylation is 1. The van der Waals surface area contributed by atoms with E-state index < -0.39 is 0 Å². The van der Waals surface area contributed by atoms with Crippen LogP contribution in [-0.2, 0) is 9.59 Å². The van der Waals surface area contributed by atoms with Gasteiger partial charge in [-0.1, -0.05) is 29.8 Å². The van der Waals surface area contributed by atoms with Crippen LogP contribution in [0.4, 0.5) is 5.69 Å². The molecule has 0 aromatic heterocycles. The number of carbonyl (C=O) groups excluding carboxylic acids is 2. The van der Waals surface area contributed by atoms with Gasteiger partial charge in [0.15, 0.2) is 6.61 Å². The zero-order valence-corrected chi connectivity index (χ0v) is 15.8. The van der Waals surface area contributed by atoms with Crippen LogP contribution in [0.2, 0.25) is 0 Å². The van der Waals surface area contributed by atoms with Gasteiger partial charge < -0.3 is 19.7 Å². The van der Waals surface area contributed by atoms with E-state index in [1.54, 1.807) is 12.0 Å². The number of benzene rings is 2. The zero-order valence-electron chi connectivity index (χ0n) is 15.8. The summed E-state index contributed by atoms with van der Waals surface area (Å²) in [5.74, 6) is 1.14. The van der Waals surface area contributed by atoms with Crippen molar-refractivity contribution in [3.05, 3.63) is 53.6 Å². The second-order valence-corrected chi connectivity index (χ2v) is 6.59. The van der Waals surface area contributed by atoms with E-state index in [9.17, 15) is 9.59 Å². The van der Waals surface area contributed by atoms with Crippen molar-refractivity contribution in [2.75, 3.05) is 25.2 Å². The molecular weight excluding hydrogens is 344 g/mol. The third-order valence-corrected chi connectivity index (χ3v) is 4.60. The number of hydrogen-bond acceptors (Lipinski definition) is 4. The number of para-hydroxylation sites is 2. The van der Waals surface area contributed by atoms with E-state index in [2.05, 4.69) is 5.32 Å². The van der Waals surface area contributed by atoms with Crippen LogP contribution >= 0.6 is 0 Å². The van der Waals surface area contributed by atoms with Crippen molar-refractivity contribution >= 4 is 17.5 Å². The zero-order chi connectivity index (χ0) is 19.4. The van der Waals surface area contributed by atoms with E-state index in [4.69, 9.17) is 9.47 Å². The third-order valence-electron chi connectivity index (χ3n) is 4.60. The predicted octanol–water partition coefficient (Wildman–Crippen LogP) is 3.00. The van der Waals surface area contributed by atoms with Crippen LogP contribution in [0.1, 0.15) is 30.5 Å². The van der Waals surface area contributed by atoms with Gasteiger partial charge in [0.05, 0.1) is 18.8 Å². The average molecular weight is 368 g/mol. The molecule has 0 radical (unpaired) electrons. The minimum atomic E-state index is -0.194. The molecule has 6 heteroatoms. The van der Waals surface area contributed by atoms with Crippen molar-refractivity contribution in [2.24, 2.45) is 0 Å². The number of nitrogens with one attached hydrogen (secondary N) is 1. The molecule has 0 aliphatic carbocycles. The molecule has 3 rings (SSSR count). The first-order valence-electron chi connectivity index (χ1n) is 8.95. The number of hydrogen-bond donors (Lipinski definition) is 1. The molecular formula is C21H24N2O4. The maximum absolute atomic E-state index is 12.5. The molecule has 2 amide bonds. The summed E-state index contributed by atoms with van der Waals surface area (Å²) in [7, 11) is 1.62. The van der Waals surface area contributed by atoms with Crippen molar-refractivity contribution in [3.8, 4) is 11.5 Å². The molecule has 0 fully saturated rings. The third kappa shape index (κ3) is 4.22. The molecule has 1 unspecified atom stereocenters. The SMILES string of the molecule is COc1ccc(C)cc1C(C)NC(=O)CCN1C(=O)COc2ccccc21. The molecule has 2 aromatic rings. The van der Waals surface area contributed by atoms with Crippen molar-refractivity contribution in [2.45, 2.75) is 26.3 Å². The maximum atomic E-state index is 12.5. The number of amides is 2. The first-order valence-corrected chi connectivity index (χ1v) is 8.95. The second kappa shape index (κ2) is 8.12. The molecule has 0 bridgehead atoms. The number of carbonyl (C=O) groups is 2. The van der Waals surface area contributed by atoms with Gasteiger partial charge in [0.1, 0.15) is 11.5 Å². The topological polar surface area (TPSA) is 67.9 Å². The number of rotatable bonds is 6. The molecule has 6 nitrogen and oxygen atoms in total. The highest BCUT2D eigenvalue weighted by molar-refractivity contribution is 5.98. The molecule has 0 saturated carbocycles. The lowest BCUT2D eigenvalue weighted by Crippen LogP contribution is -2.41. The minimum Gasteiger partial charge on any atom is -0.496 e. The van der Waals surface area contributed by atoms with Gasteiger partial charge in [0.2, 0.25) is 5.91 Å². The molecule has 0 spiro atoms. The number of anilines is 1. The van der Waals surface area contributed by atoms with Gasteiger partial charge in [-0.25, -0.2) is 0 Å². The molecule has 2 aromatic carbocycles. The van der Waals surface area contributed by atoms with E-state index in [0.717, 1.165) is 16.9 Å². The van der Waals surface area contributed by atoms with Crippen LogP contribution in [0.3, 0.4) is 0 Å². The number of methoxy groups -OCH3 is 1. The normalized spacial score (nSPS) is 14.2. The smallest absolute Gasteiger partial charge is 0.265 e. The Balaban J connectivity index is 1.63. The molecule has 27 heavy (non-hydrogen) atoms. The summed E-state index contributed by atoms with van der Waals surface area (Å²) in [6.07, 6.45) is 0.207. The fourth-order valence-corrected chi connectivity index (χ4v) is 3.20. The lowest BCUT2D eigenvalue weighted by molar-refractivity contribution is -0.122. The van der Waals surface area contributed by atoms with Crippen molar-refractivity contribution in [1.82, 2.24) is 5.32 Å². The Morgan fingerprint density at radius 2 is 2.07 bits per heavy atom. The summed E-state index contributed by atoms with van der Waals surface area (Å²) in [5, 5.41) is 2.99. The summed E-state index contributed by atoms with van der Waals surface area (Å²) in [6.45, 7) is 4.22. The quantitative estimate of drug-likeness (QED) is 0.851. The Labute approximate surface area is 159 Å². The largest absolute Gasteiger partial charge is 0.496 e. The summed E-state index contributed by atoms with van der Waals surface area (Å²) >= 11 is 0. The first-order chi connectivity index (χ1) is 13.0. The van der Waals surface area contributed by atoms with E-state index in [1.807, 2.05) is 56.3 Å². The van der Waals surface area contributed by atoms with E-state index >= 15 is 0 Å². The van der Waals surface area contributed by atoms with Crippen LogP contribution in [0, 0.1) is 6.92 Å². The van der Waals surface area contributed by atoms with Gasteiger partial charge in [0, 0.05) is 18.5 Å². The summed E-state index contributed by atoms with van der Waals surface area (Å²) in [6, 6.07) is 13.0. The summed E-state index contributed by atoms with van der Waals surface area (Å²) < 4.78 is 10.8. The fourth-order valence-electron chi connectivity index (χ4n) is 3.20. The standard InChI is InChI=1S/C21H24N2O4/c1-14-8-9-18(26-3)16(12-14)15(2)22-20(24)10-11-23-17-6-4-5-7-19(17)27-13-21(23)25/h4-9,12,15H,10-11,13H2,1-3H3,(H,22,24). The van der Waals surface area contributed by atoms with Gasteiger partial charge in [-0.05, 0) is 32.0 Å². The Hall–Kier alpha value is -3.02. The number of fused-ring (bicyclic) bond motifs is 1. The number of nitrogens with zero attached hydrogens (tertiary/aromatic N) is 1. The fraction of sp³-hybridized carbons (Fsp3) is 0.333. The monoisotopic (exact) mass is 368 g/mol. The average Bonchev–Trinajstić information content (AvgIpc) is 2.67. The number of ether oxygens (including phenoxy) is 2. The van der Waals surface area contributed by atoms with Crippen molar-refractivity contribution < 1.29 is 19.1 Å². The summed E-state index contributed by atoms with van der Waals surface area (Å²) in [5.41, 5.74) is 2.73. The Morgan fingerprint density at radius 1 is 1.30 bits per heavy atom. The minimum absolute atomic E-state index is 0.00444. The Bertz CT molecular complexity index is 850. The Morgan fingerprint density at radius 3 is 2.85 bits per heavy atom. The van der Waals surface area contributed by atoms with Crippen molar-refractivity contribution in [3.63, 3.8) is 0 Å². The van der Waals surface area contributed by atoms with Crippen LogP contribution in [0.5, 0.6) is 11.5 Å². The molecule has 1 heterocycles. The predicted molar refractivity (Wildman–Crippen MR) is 103 cm³/mol. The lowest BCUT2D eigenvalue weighted by Gasteiger charge is -2.29. The molecule has 142 valence electrons. The van der Waals surface area contributed by atoms with Gasteiger partial charge in [0.25, 0.3) is 5.91 Å². The van der Waals surface area contributed by atoms with Gasteiger partial charge in [-0.3, -0.25) is 9.59 Å². The Kier molecular flexibility index (Phi) is 5.64. The van der Waals surface area contributed by atoms with E-state index in [1.165, 1.54) is 0 Å². The molecule has 1 aliphatic rings. The maximum Gasteiger partial charge on any atom is 0.265 e. The second-order valence-electron chi connectivity index (χ2n) is 6.59. The molecule has 1 aliphatic heterocycles. The van der Waals surface area contributed by atoms with Crippen LogP contribution in [0.25, 0.3) is 0 Å². The van der Waals surface area contributed by atoms with Gasteiger partial charge in [-0.2, -0.15) is 0 Å². The molecule has 1 atom stereocenters. The van der Waals surface area contributed by atoms with E-state index in [-0.39, 0.29) is 30.9 Å². The van der Waals surface area contributed by atoms with Gasteiger partial charge >= 0.3 is 0 Å². The molecule has 1 N–H and O–H groups in total. The van der Waals surface area contributed by atoms with Gasteiger partial charge in [-0.15, -0.1) is 0 Å². The summed E-state index contributed by atoms with van der Waals surface area (Å²) in [4.78, 5) is 26.2. The van der Waals surface area contributed by atoms with Crippen LogP contribution < -0.4 is 19.7 Å². The van der Waals surface area contributed by atoms with E-state index in [0.29, 0.717) is 18.0 Å². The van der Waals surface area contributed by atoms with Crippen LogP contribution in [-0.4, -0.2) is 32.1 Å². The van der Waals surface area contributed by atoms with Crippen molar-refractivity contribution in [1.29, 1.82) is 0 Å². The highest BCUT2D eigenvalue weighted by Gasteiger charge is 2.25. The van der Waals surface area contributed by atoms with Crippen LogP contribution in [0.15, 0.2) is 42.5 Å². The first kappa shape index (κ1) is 18.8. The lowest BCUT2D eigenvalue weighted by atomic mass is 10.0. The molecule has 0 saturated heterocycles. The highest BCUT2D eigenvalue weighted by atomic mass is 16.5.